The number of H-pyrrole nitrogens is 1. The smallest absolute Gasteiger partial charge is 0.134 e. The van der Waals surface area contributed by atoms with Crippen molar-refractivity contribution in [2.75, 3.05) is 29.9 Å². The molecule has 0 bridgehead atoms. The number of hydrogen-bond donors (Lipinski definition) is 2. The molecule has 0 atom stereocenters. The number of fused-ring (bicyclic) bond motifs is 1. The molecule has 5 heteroatoms. The Labute approximate surface area is 135 Å². The zero-order valence-corrected chi connectivity index (χ0v) is 13.1. The van der Waals surface area contributed by atoms with Crippen LogP contribution in [0.4, 0.5) is 11.6 Å². The Balaban J connectivity index is 1.40. The fourth-order valence-electron chi connectivity index (χ4n) is 3.23. The van der Waals surface area contributed by atoms with Gasteiger partial charge in [0.15, 0.2) is 0 Å². The van der Waals surface area contributed by atoms with Crippen molar-refractivity contribution in [3.05, 3.63) is 48.4 Å². The van der Waals surface area contributed by atoms with Crippen LogP contribution >= 0.6 is 0 Å². The summed E-state index contributed by atoms with van der Waals surface area (Å²) < 4.78 is 0. The van der Waals surface area contributed by atoms with Crippen molar-refractivity contribution in [1.82, 2.24) is 15.0 Å². The first-order valence-corrected chi connectivity index (χ1v) is 8.26. The molecule has 4 rings (SSSR count). The van der Waals surface area contributed by atoms with Crippen LogP contribution in [0.1, 0.15) is 18.4 Å². The summed E-state index contributed by atoms with van der Waals surface area (Å²) in [5.41, 5.74) is 2.53. The molecule has 3 aromatic rings. The van der Waals surface area contributed by atoms with Gasteiger partial charge in [0.05, 0.1) is 0 Å². The number of nitrogens with one attached hydrogen (secondary N) is 2. The van der Waals surface area contributed by atoms with Crippen LogP contribution in [0.25, 0.3) is 10.9 Å². The maximum Gasteiger partial charge on any atom is 0.134 e. The molecule has 118 valence electrons. The van der Waals surface area contributed by atoms with Crippen LogP contribution in [-0.4, -0.2) is 34.6 Å². The largest absolute Gasteiger partial charge is 0.370 e. The van der Waals surface area contributed by atoms with Gasteiger partial charge in [-0.2, -0.15) is 0 Å². The van der Waals surface area contributed by atoms with Crippen molar-refractivity contribution in [1.29, 1.82) is 0 Å². The summed E-state index contributed by atoms with van der Waals surface area (Å²) >= 11 is 0. The van der Waals surface area contributed by atoms with E-state index in [1.165, 1.54) is 29.3 Å². The molecule has 0 unspecified atom stereocenters. The highest BCUT2D eigenvalue weighted by molar-refractivity contribution is 5.83. The average Bonchev–Trinajstić information content (AvgIpc) is 3.25. The zero-order chi connectivity index (χ0) is 15.5. The van der Waals surface area contributed by atoms with E-state index in [2.05, 4.69) is 61.7 Å². The Morgan fingerprint density at radius 3 is 2.91 bits per heavy atom. The number of benzene rings is 1. The van der Waals surface area contributed by atoms with Gasteiger partial charge >= 0.3 is 0 Å². The van der Waals surface area contributed by atoms with E-state index in [0.29, 0.717) is 0 Å². The van der Waals surface area contributed by atoms with Crippen molar-refractivity contribution in [3.8, 4) is 0 Å². The summed E-state index contributed by atoms with van der Waals surface area (Å²) in [5.74, 6) is 1.94. The molecule has 0 spiro atoms. The minimum absolute atomic E-state index is 0.859. The van der Waals surface area contributed by atoms with Crippen LogP contribution in [0.2, 0.25) is 0 Å². The average molecular weight is 307 g/mol. The lowest BCUT2D eigenvalue weighted by Gasteiger charge is -2.16. The van der Waals surface area contributed by atoms with Gasteiger partial charge in [-0.15, -0.1) is 0 Å². The van der Waals surface area contributed by atoms with Gasteiger partial charge < -0.3 is 15.2 Å². The number of rotatable bonds is 5. The maximum absolute atomic E-state index is 4.39. The van der Waals surface area contributed by atoms with Gasteiger partial charge in [-0.25, -0.2) is 9.97 Å². The van der Waals surface area contributed by atoms with Gasteiger partial charge in [-0.3, -0.25) is 0 Å². The Hall–Kier alpha value is -2.56. The highest BCUT2D eigenvalue weighted by Crippen LogP contribution is 2.20. The predicted octanol–water partition coefficient (Wildman–Crippen LogP) is 3.21. The number of para-hydroxylation sites is 1. The molecule has 1 fully saturated rings. The Morgan fingerprint density at radius 1 is 1.13 bits per heavy atom. The molecular weight excluding hydrogens is 286 g/mol. The molecular formula is C18H21N5. The number of anilines is 2. The minimum Gasteiger partial charge on any atom is -0.370 e. The topological polar surface area (TPSA) is 56.8 Å². The second-order valence-corrected chi connectivity index (χ2v) is 5.99. The molecule has 0 radical (unpaired) electrons. The lowest BCUT2D eigenvalue weighted by molar-refractivity contribution is 0.923. The van der Waals surface area contributed by atoms with E-state index in [9.17, 15) is 0 Å². The van der Waals surface area contributed by atoms with Gasteiger partial charge in [0, 0.05) is 42.8 Å². The van der Waals surface area contributed by atoms with Gasteiger partial charge in [0.2, 0.25) is 0 Å². The first kappa shape index (κ1) is 14.1. The second-order valence-electron chi connectivity index (χ2n) is 5.99. The molecule has 0 saturated carbocycles. The molecule has 0 aliphatic carbocycles. The van der Waals surface area contributed by atoms with Crippen LogP contribution < -0.4 is 10.2 Å². The van der Waals surface area contributed by atoms with E-state index in [4.69, 9.17) is 0 Å². The molecule has 5 nitrogen and oxygen atoms in total. The van der Waals surface area contributed by atoms with Gasteiger partial charge in [0.25, 0.3) is 0 Å². The fourth-order valence-corrected chi connectivity index (χ4v) is 3.23. The number of nitrogens with zero attached hydrogens (tertiary/aromatic N) is 3. The molecule has 23 heavy (non-hydrogen) atoms. The number of hydrogen-bond acceptors (Lipinski definition) is 4. The van der Waals surface area contributed by atoms with Crippen molar-refractivity contribution in [2.24, 2.45) is 0 Å². The summed E-state index contributed by atoms with van der Waals surface area (Å²) in [7, 11) is 0. The van der Waals surface area contributed by atoms with E-state index in [-0.39, 0.29) is 0 Å². The van der Waals surface area contributed by atoms with E-state index in [0.717, 1.165) is 37.7 Å². The molecule has 1 aliphatic heterocycles. The minimum atomic E-state index is 0.859. The molecule has 1 aliphatic rings. The molecule has 2 aromatic heterocycles. The van der Waals surface area contributed by atoms with E-state index in [1.807, 2.05) is 0 Å². The quantitative estimate of drug-likeness (QED) is 0.760. The molecule has 1 saturated heterocycles. The standard InChI is InChI=1S/C18H21N5/c1-2-6-16-15(5-1)14(12-20-16)7-8-19-17-11-18(22-13-21-17)23-9-3-4-10-23/h1-2,5-6,11-13,20H,3-4,7-10H2,(H,19,21,22). The van der Waals surface area contributed by atoms with Crippen molar-refractivity contribution in [3.63, 3.8) is 0 Å². The summed E-state index contributed by atoms with van der Waals surface area (Å²) in [6.07, 6.45) is 7.23. The monoisotopic (exact) mass is 307 g/mol. The zero-order valence-electron chi connectivity index (χ0n) is 13.1. The van der Waals surface area contributed by atoms with Crippen LogP contribution in [-0.2, 0) is 6.42 Å². The Morgan fingerprint density at radius 2 is 2.00 bits per heavy atom. The Kier molecular flexibility index (Phi) is 3.84. The fraction of sp³-hybridized carbons (Fsp3) is 0.333. The van der Waals surface area contributed by atoms with Gasteiger partial charge in [-0.05, 0) is 30.9 Å². The van der Waals surface area contributed by atoms with E-state index >= 15 is 0 Å². The SMILES string of the molecule is c1ccc2c(CCNc3cc(N4CCCC4)ncn3)c[nH]c2c1. The summed E-state index contributed by atoms with van der Waals surface area (Å²) in [6, 6.07) is 10.5. The predicted molar refractivity (Wildman–Crippen MR) is 94.0 cm³/mol. The van der Waals surface area contributed by atoms with Gasteiger partial charge in [0.1, 0.15) is 18.0 Å². The first-order valence-electron chi connectivity index (χ1n) is 8.26. The number of aromatic amines is 1. The third kappa shape index (κ3) is 2.99. The maximum atomic E-state index is 4.39. The third-order valence-electron chi connectivity index (χ3n) is 4.46. The third-order valence-corrected chi connectivity index (χ3v) is 4.46. The van der Waals surface area contributed by atoms with Crippen molar-refractivity contribution >= 4 is 22.5 Å². The molecule has 3 heterocycles. The lowest BCUT2D eigenvalue weighted by atomic mass is 10.1. The summed E-state index contributed by atoms with van der Waals surface area (Å²) in [5, 5.41) is 4.72. The van der Waals surface area contributed by atoms with Gasteiger partial charge in [-0.1, -0.05) is 18.2 Å². The van der Waals surface area contributed by atoms with Crippen LogP contribution in [0.3, 0.4) is 0 Å². The normalized spacial score (nSPS) is 14.5. The van der Waals surface area contributed by atoms with E-state index in [1.54, 1.807) is 6.33 Å². The molecule has 0 amide bonds. The van der Waals surface area contributed by atoms with Crippen molar-refractivity contribution in [2.45, 2.75) is 19.3 Å². The summed E-state index contributed by atoms with van der Waals surface area (Å²) in [4.78, 5) is 14.4. The Bertz CT molecular complexity index is 789. The molecule has 1 aromatic carbocycles. The highest BCUT2D eigenvalue weighted by atomic mass is 15.2. The van der Waals surface area contributed by atoms with Crippen LogP contribution in [0.15, 0.2) is 42.9 Å². The van der Waals surface area contributed by atoms with Crippen molar-refractivity contribution < 1.29 is 0 Å². The molecule has 2 N–H and O–H groups in total. The van der Waals surface area contributed by atoms with Crippen LogP contribution in [0.5, 0.6) is 0 Å². The van der Waals surface area contributed by atoms with Crippen LogP contribution in [0, 0.1) is 0 Å². The second kappa shape index (κ2) is 6.28. The summed E-state index contributed by atoms with van der Waals surface area (Å²) in [6.45, 7) is 3.07. The first-order chi connectivity index (χ1) is 11.4. The lowest BCUT2D eigenvalue weighted by Crippen LogP contribution is -2.19. The number of aromatic nitrogens is 3. The highest BCUT2D eigenvalue weighted by Gasteiger charge is 2.13. The van der Waals surface area contributed by atoms with E-state index < -0.39 is 0 Å².